The van der Waals surface area contributed by atoms with Gasteiger partial charge in [0.25, 0.3) is 0 Å². The van der Waals surface area contributed by atoms with Crippen LogP contribution >= 0.6 is 0 Å². The molecular formula is C15H32N2. The fourth-order valence-corrected chi connectivity index (χ4v) is 3.00. The van der Waals surface area contributed by atoms with E-state index in [1.165, 1.54) is 51.7 Å². The van der Waals surface area contributed by atoms with Crippen LogP contribution in [0.2, 0.25) is 0 Å². The molecule has 2 heteroatoms. The van der Waals surface area contributed by atoms with Crippen LogP contribution in [0.1, 0.15) is 59.8 Å². The van der Waals surface area contributed by atoms with Gasteiger partial charge in [0.05, 0.1) is 0 Å². The van der Waals surface area contributed by atoms with E-state index in [2.05, 4.69) is 37.9 Å². The molecule has 0 spiro atoms. The van der Waals surface area contributed by atoms with Gasteiger partial charge >= 0.3 is 0 Å². The molecule has 1 aliphatic carbocycles. The molecule has 0 heterocycles. The first-order valence-electron chi connectivity index (χ1n) is 7.64. The van der Waals surface area contributed by atoms with Crippen LogP contribution in [-0.2, 0) is 0 Å². The molecule has 1 aliphatic rings. The highest BCUT2D eigenvalue weighted by Gasteiger charge is 2.24. The van der Waals surface area contributed by atoms with Gasteiger partial charge in [-0.1, -0.05) is 27.7 Å². The lowest BCUT2D eigenvalue weighted by molar-refractivity contribution is 0.136. The van der Waals surface area contributed by atoms with Crippen molar-refractivity contribution >= 4 is 0 Å². The fraction of sp³-hybridized carbons (Fsp3) is 1.00. The van der Waals surface area contributed by atoms with Crippen molar-refractivity contribution in [2.45, 2.75) is 71.9 Å². The Balaban J connectivity index is 2.29. The summed E-state index contributed by atoms with van der Waals surface area (Å²) in [6.07, 6.45) is 6.79. The normalized spacial score (nSPS) is 25.8. The lowest BCUT2D eigenvalue weighted by Gasteiger charge is -2.37. The largest absolute Gasteiger partial charge is 0.314 e. The lowest BCUT2D eigenvalue weighted by atomic mass is 9.89. The van der Waals surface area contributed by atoms with Crippen LogP contribution in [0.15, 0.2) is 0 Å². The highest BCUT2D eigenvalue weighted by atomic mass is 15.2. The third-order valence-corrected chi connectivity index (χ3v) is 3.90. The first-order chi connectivity index (χ1) is 8.17. The maximum Gasteiger partial charge on any atom is 0.00964 e. The van der Waals surface area contributed by atoms with Crippen LogP contribution in [0.25, 0.3) is 0 Å². The molecule has 17 heavy (non-hydrogen) atoms. The van der Waals surface area contributed by atoms with Gasteiger partial charge in [-0.3, -0.25) is 0 Å². The first kappa shape index (κ1) is 15.0. The van der Waals surface area contributed by atoms with E-state index in [1.54, 1.807) is 0 Å². The fourth-order valence-electron chi connectivity index (χ4n) is 3.00. The Morgan fingerprint density at radius 1 is 1.12 bits per heavy atom. The van der Waals surface area contributed by atoms with E-state index in [0.717, 1.165) is 18.0 Å². The van der Waals surface area contributed by atoms with Crippen LogP contribution < -0.4 is 5.32 Å². The molecule has 0 aromatic rings. The molecule has 1 saturated carbocycles. The summed E-state index contributed by atoms with van der Waals surface area (Å²) in [5.74, 6) is 0.797. The van der Waals surface area contributed by atoms with E-state index in [9.17, 15) is 0 Å². The Hall–Kier alpha value is -0.0800. The van der Waals surface area contributed by atoms with Crippen molar-refractivity contribution in [2.24, 2.45) is 5.92 Å². The van der Waals surface area contributed by atoms with E-state index in [0.29, 0.717) is 0 Å². The van der Waals surface area contributed by atoms with Crippen molar-refractivity contribution in [1.82, 2.24) is 10.2 Å². The average Bonchev–Trinajstić information content (AvgIpc) is 2.34. The predicted molar refractivity (Wildman–Crippen MR) is 76.4 cm³/mol. The van der Waals surface area contributed by atoms with Gasteiger partial charge in [-0.25, -0.2) is 0 Å². The Kier molecular flexibility index (Phi) is 7.14. The summed E-state index contributed by atoms with van der Waals surface area (Å²) in [6, 6.07) is 1.64. The van der Waals surface area contributed by atoms with Crippen LogP contribution in [0, 0.1) is 5.92 Å². The summed E-state index contributed by atoms with van der Waals surface area (Å²) in [4.78, 5) is 2.70. The number of nitrogens with zero attached hydrogens (tertiary/aromatic N) is 1. The molecule has 0 aliphatic heterocycles. The summed E-state index contributed by atoms with van der Waals surface area (Å²) in [5, 5.41) is 3.67. The van der Waals surface area contributed by atoms with Gasteiger partial charge in [0.15, 0.2) is 0 Å². The van der Waals surface area contributed by atoms with E-state index in [-0.39, 0.29) is 0 Å². The topological polar surface area (TPSA) is 15.3 Å². The summed E-state index contributed by atoms with van der Waals surface area (Å²) in [6.45, 7) is 12.9. The number of hydrogen-bond donors (Lipinski definition) is 1. The van der Waals surface area contributed by atoms with Crippen molar-refractivity contribution in [1.29, 1.82) is 0 Å². The first-order valence-corrected chi connectivity index (χ1v) is 7.64. The SMILES string of the molecule is CCCNC1CCC(N(CC)CC(C)C)CC1. The molecule has 0 radical (unpaired) electrons. The monoisotopic (exact) mass is 240 g/mol. The van der Waals surface area contributed by atoms with Crippen LogP contribution in [-0.4, -0.2) is 36.6 Å². The molecule has 1 fully saturated rings. The van der Waals surface area contributed by atoms with Crippen LogP contribution in [0.5, 0.6) is 0 Å². The zero-order chi connectivity index (χ0) is 12.7. The third kappa shape index (κ3) is 5.39. The van der Waals surface area contributed by atoms with Gasteiger partial charge in [0.2, 0.25) is 0 Å². The molecular weight excluding hydrogens is 208 g/mol. The zero-order valence-electron chi connectivity index (χ0n) is 12.3. The van der Waals surface area contributed by atoms with E-state index in [4.69, 9.17) is 0 Å². The summed E-state index contributed by atoms with van der Waals surface area (Å²) >= 11 is 0. The van der Waals surface area contributed by atoms with Crippen LogP contribution in [0.3, 0.4) is 0 Å². The predicted octanol–water partition coefficient (Wildman–Crippen LogP) is 3.28. The average molecular weight is 240 g/mol. The minimum Gasteiger partial charge on any atom is -0.314 e. The minimum absolute atomic E-state index is 0.795. The van der Waals surface area contributed by atoms with E-state index in [1.807, 2.05) is 0 Å². The molecule has 0 amide bonds. The van der Waals surface area contributed by atoms with Crippen molar-refractivity contribution < 1.29 is 0 Å². The maximum atomic E-state index is 3.67. The number of nitrogens with one attached hydrogen (secondary N) is 1. The summed E-state index contributed by atoms with van der Waals surface area (Å²) in [5.41, 5.74) is 0. The van der Waals surface area contributed by atoms with Crippen molar-refractivity contribution in [3.63, 3.8) is 0 Å². The minimum atomic E-state index is 0.795. The van der Waals surface area contributed by atoms with Gasteiger partial charge in [-0.05, 0) is 51.1 Å². The van der Waals surface area contributed by atoms with Gasteiger partial charge in [0, 0.05) is 18.6 Å². The van der Waals surface area contributed by atoms with Gasteiger partial charge in [0.1, 0.15) is 0 Å². The van der Waals surface area contributed by atoms with Crippen molar-refractivity contribution in [3.8, 4) is 0 Å². The molecule has 102 valence electrons. The van der Waals surface area contributed by atoms with E-state index < -0.39 is 0 Å². The quantitative estimate of drug-likeness (QED) is 0.735. The van der Waals surface area contributed by atoms with Crippen molar-refractivity contribution in [3.05, 3.63) is 0 Å². The molecule has 2 nitrogen and oxygen atoms in total. The Bertz CT molecular complexity index is 183. The van der Waals surface area contributed by atoms with Crippen LogP contribution in [0.4, 0.5) is 0 Å². The summed E-state index contributed by atoms with van der Waals surface area (Å²) < 4.78 is 0. The second-order valence-electron chi connectivity index (χ2n) is 5.94. The number of hydrogen-bond acceptors (Lipinski definition) is 2. The van der Waals surface area contributed by atoms with Crippen molar-refractivity contribution in [2.75, 3.05) is 19.6 Å². The molecule has 0 aromatic carbocycles. The van der Waals surface area contributed by atoms with Gasteiger partial charge < -0.3 is 10.2 Å². The smallest absolute Gasteiger partial charge is 0.00964 e. The summed E-state index contributed by atoms with van der Waals surface area (Å²) in [7, 11) is 0. The molecule has 1 N–H and O–H groups in total. The number of rotatable bonds is 7. The Labute approximate surface area is 108 Å². The Morgan fingerprint density at radius 2 is 1.76 bits per heavy atom. The zero-order valence-corrected chi connectivity index (χ0v) is 12.3. The maximum absolute atomic E-state index is 3.67. The molecule has 0 saturated heterocycles. The Morgan fingerprint density at radius 3 is 2.24 bits per heavy atom. The van der Waals surface area contributed by atoms with Gasteiger partial charge in [-0.15, -0.1) is 0 Å². The molecule has 0 atom stereocenters. The lowest BCUT2D eigenvalue weighted by Crippen LogP contribution is -2.43. The third-order valence-electron chi connectivity index (χ3n) is 3.90. The molecule has 0 unspecified atom stereocenters. The molecule has 0 aromatic heterocycles. The second-order valence-corrected chi connectivity index (χ2v) is 5.94. The van der Waals surface area contributed by atoms with Gasteiger partial charge in [-0.2, -0.15) is 0 Å². The second kappa shape index (κ2) is 8.10. The molecule has 0 bridgehead atoms. The van der Waals surface area contributed by atoms with E-state index >= 15 is 0 Å². The highest BCUT2D eigenvalue weighted by molar-refractivity contribution is 4.82. The molecule has 1 rings (SSSR count). The standard InChI is InChI=1S/C15H32N2/c1-5-11-16-14-7-9-15(10-8-14)17(6-2)12-13(3)4/h13-16H,5-12H2,1-4H3. The highest BCUT2D eigenvalue weighted by Crippen LogP contribution is 2.23.